The summed E-state index contributed by atoms with van der Waals surface area (Å²) in [7, 11) is 3.16. The van der Waals surface area contributed by atoms with E-state index in [4.69, 9.17) is 14.6 Å². The monoisotopic (exact) mass is 294 g/mol. The molecule has 0 spiro atoms. The van der Waals surface area contributed by atoms with Gasteiger partial charge < -0.3 is 19.9 Å². The molecule has 0 radical (unpaired) electrons. The molecule has 0 aliphatic rings. The van der Waals surface area contributed by atoms with Gasteiger partial charge in [0.25, 0.3) is 0 Å². The fourth-order valence-corrected chi connectivity index (χ4v) is 2.35. The normalized spacial score (nSPS) is 10.1. The zero-order valence-corrected chi connectivity index (χ0v) is 11.9. The van der Waals surface area contributed by atoms with Crippen LogP contribution >= 0.6 is 11.3 Å². The first-order chi connectivity index (χ1) is 9.62. The summed E-state index contributed by atoms with van der Waals surface area (Å²) in [4.78, 5) is 14.8. The van der Waals surface area contributed by atoms with E-state index in [0.717, 1.165) is 0 Å². The van der Waals surface area contributed by atoms with E-state index >= 15 is 0 Å². The van der Waals surface area contributed by atoms with E-state index in [1.165, 1.54) is 11.3 Å². The fraction of sp³-hybridized carbons (Fsp3) is 0.231. The number of aromatic nitrogens is 1. The van der Waals surface area contributed by atoms with Gasteiger partial charge in [-0.05, 0) is 12.1 Å². The Morgan fingerprint density at radius 1 is 1.40 bits per heavy atom. The molecule has 106 valence electrons. The summed E-state index contributed by atoms with van der Waals surface area (Å²) in [6.45, 7) is 0. The number of carboxylic acids is 1. The SMILES string of the molecule is COc1ccc(OC)c(Nc2nc(CC(=O)O)cs2)c1. The summed E-state index contributed by atoms with van der Waals surface area (Å²) in [5.74, 6) is 0.442. The van der Waals surface area contributed by atoms with Gasteiger partial charge in [-0.1, -0.05) is 0 Å². The van der Waals surface area contributed by atoms with Crippen molar-refractivity contribution in [2.24, 2.45) is 0 Å². The number of anilines is 2. The lowest BCUT2D eigenvalue weighted by Gasteiger charge is -2.10. The average Bonchev–Trinajstić information content (AvgIpc) is 2.85. The topological polar surface area (TPSA) is 80.7 Å². The molecule has 0 fully saturated rings. The zero-order valence-electron chi connectivity index (χ0n) is 11.0. The highest BCUT2D eigenvalue weighted by molar-refractivity contribution is 7.13. The highest BCUT2D eigenvalue weighted by Crippen LogP contribution is 2.32. The molecule has 6 nitrogen and oxygen atoms in total. The molecule has 20 heavy (non-hydrogen) atoms. The van der Waals surface area contributed by atoms with Gasteiger partial charge >= 0.3 is 5.97 Å². The van der Waals surface area contributed by atoms with Crippen LogP contribution in [0.1, 0.15) is 5.69 Å². The molecule has 2 rings (SSSR count). The van der Waals surface area contributed by atoms with Gasteiger partial charge in [-0.25, -0.2) is 4.98 Å². The summed E-state index contributed by atoms with van der Waals surface area (Å²) in [6, 6.07) is 5.37. The molecule has 0 amide bonds. The number of methoxy groups -OCH3 is 2. The largest absolute Gasteiger partial charge is 0.497 e. The predicted octanol–water partition coefficient (Wildman–Crippen LogP) is 2.53. The summed E-state index contributed by atoms with van der Waals surface area (Å²) >= 11 is 1.34. The Morgan fingerprint density at radius 3 is 2.85 bits per heavy atom. The Hall–Kier alpha value is -2.28. The molecular weight excluding hydrogens is 280 g/mol. The van der Waals surface area contributed by atoms with E-state index in [0.29, 0.717) is 28.0 Å². The van der Waals surface area contributed by atoms with Gasteiger partial charge in [0.15, 0.2) is 5.13 Å². The maximum Gasteiger partial charge on any atom is 0.309 e. The molecule has 2 aromatic rings. The van der Waals surface area contributed by atoms with Crippen molar-refractivity contribution in [1.29, 1.82) is 0 Å². The molecule has 1 heterocycles. The Labute approximate surface area is 120 Å². The number of hydrogen-bond acceptors (Lipinski definition) is 6. The first-order valence-corrected chi connectivity index (χ1v) is 6.65. The Kier molecular flexibility index (Phi) is 4.41. The van der Waals surface area contributed by atoms with Crippen LogP contribution in [0, 0.1) is 0 Å². The summed E-state index contributed by atoms with van der Waals surface area (Å²) < 4.78 is 10.4. The van der Waals surface area contributed by atoms with Crippen LogP contribution in [0.3, 0.4) is 0 Å². The lowest BCUT2D eigenvalue weighted by Crippen LogP contribution is -2.00. The van der Waals surface area contributed by atoms with Crippen molar-refractivity contribution < 1.29 is 19.4 Å². The second kappa shape index (κ2) is 6.25. The van der Waals surface area contributed by atoms with Crippen molar-refractivity contribution in [2.45, 2.75) is 6.42 Å². The minimum Gasteiger partial charge on any atom is -0.497 e. The van der Waals surface area contributed by atoms with Gasteiger partial charge in [-0.15, -0.1) is 11.3 Å². The lowest BCUT2D eigenvalue weighted by atomic mass is 10.2. The second-order valence-electron chi connectivity index (χ2n) is 3.91. The van der Waals surface area contributed by atoms with Gasteiger partial charge in [-0.3, -0.25) is 4.79 Å². The van der Waals surface area contributed by atoms with E-state index in [2.05, 4.69) is 10.3 Å². The van der Waals surface area contributed by atoms with E-state index < -0.39 is 5.97 Å². The average molecular weight is 294 g/mol. The molecule has 1 aromatic heterocycles. The quantitative estimate of drug-likeness (QED) is 0.852. The van der Waals surface area contributed by atoms with Crippen molar-refractivity contribution in [2.75, 3.05) is 19.5 Å². The molecule has 0 aliphatic heterocycles. The standard InChI is InChI=1S/C13H14N2O4S/c1-18-9-3-4-11(19-2)10(6-9)15-13-14-8(7-20-13)5-12(16)17/h3-4,6-7H,5H2,1-2H3,(H,14,15)(H,16,17). The van der Waals surface area contributed by atoms with Crippen molar-refractivity contribution >= 4 is 28.1 Å². The summed E-state index contributed by atoms with van der Waals surface area (Å²) in [5.41, 5.74) is 1.23. The molecule has 0 unspecified atom stereocenters. The summed E-state index contributed by atoms with van der Waals surface area (Å²) in [5, 5.41) is 14.1. The van der Waals surface area contributed by atoms with Crippen LogP contribution in [0.15, 0.2) is 23.6 Å². The van der Waals surface area contributed by atoms with Crippen molar-refractivity contribution in [1.82, 2.24) is 4.98 Å². The number of nitrogens with zero attached hydrogens (tertiary/aromatic N) is 1. The maximum absolute atomic E-state index is 10.6. The molecule has 1 aromatic carbocycles. The lowest BCUT2D eigenvalue weighted by molar-refractivity contribution is -0.136. The van der Waals surface area contributed by atoms with E-state index in [-0.39, 0.29) is 6.42 Å². The van der Waals surface area contributed by atoms with Crippen molar-refractivity contribution in [3.8, 4) is 11.5 Å². The van der Waals surface area contributed by atoms with Crippen LogP contribution < -0.4 is 14.8 Å². The predicted molar refractivity (Wildman–Crippen MR) is 76.3 cm³/mol. The van der Waals surface area contributed by atoms with Crippen molar-refractivity contribution in [3.63, 3.8) is 0 Å². The van der Waals surface area contributed by atoms with Gasteiger partial charge in [0.2, 0.25) is 0 Å². The van der Waals surface area contributed by atoms with Crippen LogP contribution in [0.5, 0.6) is 11.5 Å². The minimum absolute atomic E-state index is 0.0899. The van der Waals surface area contributed by atoms with Gasteiger partial charge in [0.05, 0.1) is 32.0 Å². The first-order valence-electron chi connectivity index (χ1n) is 5.77. The number of carbonyl (C=O) groups is 1. The number of ether oxygens (including phenoxy) is 2. The van der Waals surface area contributed by atoms with Crippen LogP contribution in [0.4, 0.5) is 10.8 Å². The Bertz CT molecular complexity index is 612. The second-order valence-corrected chi connectivity index (χ2v) is 4.76. The number of rotatable bonds is 6. The third-order valence-corrected chi connectivity index (χ3v) is 3.34. The zero-order chi connectivity index (χ0) is 14.5. The third kappa shape index (κ3) is 3.39. The maximum atomic E-state index is 10.6. The van der Waals surface area contributed by atoms with Crippen molar-refractivity contribution in [3.05, 3.63) is 29.3 Å². The third-order valence-electron chi connectivity index (χ3n) is 2.53. The molecule has 7 heteroatoms. The molecule has 0 aliphatic carbocycles. The van der Waals surface area contributed by atoms with E-state index in [1.807, 2.05) is 0 Å². The number of carboxylic acid groups (broad SMARTS) is 1. The van der Waals surface area contributed by atoms with E-state index in [1.54, 1.807) is 37.8 Å². The van der Waals surface area contributed by atoms with Gasteiger partial charge in [-0.2, -0.15) is 0 Å². The van der Waals surface area contributed by atoms with Crippen LogP contribution in [-0.2, 0) is 11.2 Å². The van der Waals surface area contributed by atoms with Crippen LogP contribution in [0.2, 0.25) is 0 Å². The molecule has 0 bridgehead atoms. The molecule has 0 saturated heterocycles. The Balaban J connectivity index is 2.20. The van der Waals surface area contributed by atoms with Crippen LogP contribution in [-0.4, -0.2) is 30.3 Å². The highest BCUT2D eigenvalue weighted by Gasteiger charge is 2.09. The fourth-order valence-electron chi connectivity index (χ4n) is 1.63. The van der Waals surface area contributed by atoms with Gasteiger partial charge in [0, 0.05) is 11.4 Å². The molecule has 0 atom stereocenters. The molecule has 0 saturated carbocycles. The first kappa shape index (κ1) is 14.1. The smallest absolute Gasteiger partial charge is 0.309 e. The number of thiazole rings is 1. The summed E-state index contributed by atoms with van der Waals surface area (Å²) in [6.07, 6.45) is -0.0899. The number of nitrogens with one attached hydrogen (secondary N) is 1. The molecular formula is C13H14N2O4S. The number of benzene rings is 1. The van der Waals surface area contributed by atoms with Crippen LogP contribution in [0.25, 0.3) is 0 Å². The van der Waals surface area contributed by atoms with E-state index in [9.17, 15) is 4.79 Å². The molecule has 2 N–H and O–H groups in total. The number of hydrogen-bond donors (Lipinski definition) is 2. The number of aliphatic carboxylic acids is 1. The highest BCUT2D eigenvalue weighted by atomic mass is 32.1. The Morgan fingerprint density at radius 2 is 2.20 bits per heavy atom. The van der Waals surface area contributed by atoms with Gasteiger partial charge in [0.1, 0.15) is 11.5 Å². The minimum atomic E-state index is -0.902.